The second-order valence-corrected chi connectivity index (χ2v) is 4.76. The molecule has 1 aliphatic carbocycles. The Morgan fingerprint density at radius 3 is 2.58 bits per heavy atom. The number of hydrogen-bond donors (Lipinski definition) is 2. The summed E-state index contributed by atoms with van der Waals surface area (Å²) in [5.41, 5.74) is 0.233. The van der Waals surface area contributed by atoms with Crippen LogP contribution in [0, 0.1) is 0 Å². The summed E-state index contributed by atoms with van der Waals surface area (Å²) in [5.74, 6) is 0.172. The number of carbonyl (C=O) groups excluding carboxylic acids is 1. The third kappa shape index (κ3) is 3.64. The van der Waals surface area contributed by atoms with Gasteiger partial charge in [0.15, 0.2) is 5.69 Å². The Kier molecular flexibility index (Phi) is 4.68. The van der Waals surface area contributed by atoms with Gasteiger partial charge in [-0.05, 0) is 32.7 Å². The summed E-state index contributed by atoms with van der Waals surface area (Å²) in [6.45, 7) is 0. The number of carbonyl (C=O) groups is 1. The highest BCUT2D eigenvalue weighted by Crippen LogP contribution is 2.21. The van der Waals surface area contributed by atoms with Gasteiger partial charge in [0.2, 0.25) is 0 Å². The van der Waals surface area contributed by atoms with Crippen LogP contribution in [0.15, 0.2) is 12.4 Å². The van der Waals surface area contributed by atoms with Crippen molar-refractivity contribution in [3.05, 3.63) is 18.1 Å². The molecule has 0 atom stereocenters. The average molecular weight is 264 g/mol. The lowest BCUT2D eigenvalue weighted by molar-refractivity contribution is 0.0593. The molecular weight excluding hydrogens is 244 g/mol. The molecule has 0 saturated heterocycles. The molecule has 104 valence electrons. The third-order valence-electron chi connectivity index (χ3n) is 3.52. The van der Waals surface area contributed by atoms with Gasteiger partial charge in [0.25, 0.3) is 0 Å². The van der Waals surface area contributed by atoms with E-state index in [4.69, 9.17) is 0 Å². The van der Waals surface area contributed by atoms with Crippen molar-refractivity contribution in [3.63, 3.8) is 0 Å². The minimum Gasteiger partial charge on any atom is -0.464 e. The van der Waals surface area contributed by atoms with Crippen molar-refractivity contribution < 1.29 is 9.53 Å². The van der Waals surface area contributed by atoms with Crippen LogP contribution in [0.25, 0.3) is 0 Å². The van der Waals surface area contributed by atoms with E-state index in [9.17, 15) is 4.79 Å². The Balaban J connectivity index is 1.94. The van der Waals surface area contributed by atoms with Gasteiger partial charge < -0.3 is 15.4 Å². The van der Waals surface area contributed by atoms with Gasteiger partial charge in [0.05, 0.1) is 19.5 Å². The number of methoxy groups -OCH3 is 1. The molecule has 1 aromatic rings. The molecule has 0 unspecified atom stereocenters. The Bertz CT molecular complexity index is 430. The maximum Gasteiger partial charge on any atom is 0.358 e. The fourth-order valence-electron chi connectivity index (χ4n) is 2.37. The zero-order chi connectivity index (χ0) is 13.7. The van der Waals surface area contributed by atoms with Gasteiger partial charge in [-0.1, -0.05) is 0 Å². The van der Waals surface area contributed by atoms with Gasteiger partial charge >= 0.3 is 5.97 Å². The van der Waals surface area contributed by atoms with Crippen molar-refractivity contribution in [2.45, 2.75) is 37.8 Å². The molecule has 2 rings (SSSR count). The van der Waals surface area contributed by atoms with Gasteiger partial charge in [-0.3, -0.25) is 4.98 Å². The van der Waals surface area contributed by atoms with Crippen molar-refractivity contribution in [3.8, 4) is 0 Å². The standard InChI is InChI=1S/C13H20N4O2/c1-14-9-3-5-10(6-4-9)16-12-8-15-7-11(17-12)13(18)19-2/h7-10,14H,3-6H2,1-2H3,(H,16,17). The molecule has 19 heavy (non-hydrogen) atoms. The second kappa shape index (κ2) is 6.47. The van der Waals surface area contributed by atoms with Gasteiger partial charge in [-0.15, -0.1) is 0 Å². The van der Waals surface area contributed by atoms with Crippen molar-refractivity contribution in [1.29, 1.82) is 0 Å². The van der Waals surface area contributed by atoms with E-state index in [1.807, 2.05) is 7.05 Å². The number of aromatic nitrogens is 2. The summed E-state index contributed by atoms with van der Waals surface area (Å²) < 4.78 is 4.63. The van der Waals surface area contributed by atoms with E-state index in [-0.39, 0.29) is 5.69 Å². The summed E-state index contributed by atoms with van der Waals surface area (Å²) >= 11 is 0. The van der Waals surface area contributed by atoms with Crippen LogP contribution >= 0.6 is 0 Å². The predicted octanol–water partition coefficient (Wildman–Crippen LogP) is 1.21. The van der Waals surface area contributed by atoms with E-state index in [1.165, 1.54) is 13.3 Å². The first-order valence-electron chi connectivity index (χ1n) is 6.57. The van der Waals surface area contributed by atoms with E-state index in [0.29, 0.717) is 17.9 Å². The number of nitrogens with one attached hydrogen (secondary N) is 2. The van der Waals surface area contributed by atoms with E-state index < -0.39 is 5.97 Å². The Hall–Kier alpha value is -1.69. The Morgan fingerprint density at radius 1 is 1.26 bits per heavy atom. The maximum atomic E-state index is 11.4. The molecule has 1 fully saturated rings. The normalized spacial score (nSPS) is 22.8. The minimum absolute atomic E-state index is 0.233. The SMILES string of the molecule is CNC1CCC(Nc2cncc(C(=O)OC)n2)CC1. The highest BCUT2D eigenvalue weighted by Gasteiger charge is 2.20. The van der Waals surface area contributed by atoms with Crippen molar-refractivity contribution in [2.75, 3.05) is 19.5 Å². The quantitative estimate of drug-likeness (QED) is 0.796. The molecular formula is C13H20N4O2. The molecule has 2 N–H and O–H groups in total. The van der Waals surface area contributed by atoms with Gasteiger partial charge in [-0.25, -0.2) is 9.78 Å². The molecule has 0 aromatic carbocycles. The first-order chi connectivity index (χ1) is 9.22. The molecule has 1 aromatic heterocycles. The predicted molar refractivity (Wildman–Crippen MR) is 72.1 cm³/mol. The summed E-state index contributed by atoms with van der Waals surface area (Å²) in [6, 6.07) is 1.01. The van der Waals surface area contributed by atoms with Crippen LogP contribution in [0.3, 0.4) is 0 Å². The minimum atomic E-state index is -0.463. The molecule has 0 amide bonds. The van der Waals surface area contributed by atoms with Gasteiger partial charge in [-0.2, -0.15) is 0 Å². The molecule has 0 aliphatic heterocycles. The molecule has 1 saturated carbocycles. The largest absolute Gasteiger partial charge is 0.464 e. The molecule has 1 heterocycles. The van der Waals surface area contributed by atoms with Crippen molar-refractivity contribution in [2.24, 2.45) is 0 Å². The zero-order valence-corrected chi connectivity index (χ0v) is 11.3. The molecule has 6 heteroatoms. The number of ether oxygens (including phenoxy) is 1. The van der Waals surface area contributed by atoms with Crippen LogP contribution in [0.5, 0.6) is 0 Å². The molecule has 6 nitrogen and oxygen atoms in total. The summed E-state index contributed by atoms with van der Waals surface area (Å²) in [6.07, 6.45) is 7.54. The Morgan fingerprint density at radius 2 is 1.95 bits per heavy atom. The van der Waals surface area contributed by atoms with Crippen LogP contribution in [-0.2, 0) is 4.74 Å². The van der Waals surface area contributed by atoms with E-state index in [2.05, 4.69) is 25.3 Å². The maximum absolute atomic E-state index is 11.4. The number of anilines is 1. The lowest BCUT2D eigenvalue weighted by atomic mass is 9.91. The average Bonchev–Trinajstić information content (AvgIpc) is 2.47. The number of rotatable bonds is 4. The van der Waals surface area contributed by atoms with Crippen LogP contribution in [0.2, 0.25) is 0 Å². The zero-order valence-electron chi connectivity index (χ0n) is 11.3. The van der Waals surface area contributed by atoms with Crippen LogP contribution in [-0.4, -0.2) is 42.2 Å². The number of hydrogen-bond acceptors (Lipinski definition) is 6. The summed E-state index contributed by atoms with van der Waals surface area (Å²) in [4.78, 5) is 19.6. The summed E-state index contributed by atoms with van der Waals surface area (Å²) in [5, 5.41) is 6.64. The molecule has 0 spiro atoms. The first kappa shape index (κ1) is 13.7. The first-order valence-corrected chi connectivity index (χ1v) is 6.57. The van der Waals surface area contributed by atoms with Crippen LogP contribution in [0.1, 0.15) is 36.2 Å². The molecule has 0 bridgehead atoms. The second-order valence-electron chi connectivity index (χ2n) is 4.76. The fraction of sp³-hybridized carbons (Fsp3) is 0.615. The molecule has 1 aliphatic rings. The van der Waals surface area contributed by atoms with Crippen molar-refractivity contribution in [1.82, 2.24) is 15.3 Å². The van der Waals surface area contributed by atoms with Crippen molar-refractivity contribution >= 4 is 11.8 Å². The molecule has 0 radical (unpaired) electrons. The smallest absolute Gasteiger partial charge is 0.358 e. The lowest BCUT2D eigenvalue weighted by Crippen LogP contribution is -2.35. The monoisotopic (exact) mass is 264 g/mol. The highest BCUT2D eigenvalue weighted by molar-refractivity contribution is 5.87. The van der Waals surface area contributed by atoms with Gasteiger partial charge in [0.1, 0.15) is 5.82 Å². The summed E-state index contributed by atoms with van der Waals surface area (Å²) in [7, 11) is 3.34. The van der Waals surface area contributed by atoms with Gasteiger partial charge in [0, 0.05) is 12.1 Å². The topological polar surface area (TPSA) is 76.1 Å². The lowest BCUT2D eigenvalue weighted by Gasteiger charge is -2.29. The van der Waals surface area contributed by atoms with Crippen LogP contribution in [0.4, 0.5) is 5.82 Å². The Labute approximate surface area is 113 Å². The fourth-order valence-corrected chi connectivity index (χ4v) is 2.37. The van der Waals surface area contributed by atoms with Crippen LogP contribution < -0.4 is 10.6 Å². The number of nitrogens with zero attached hydrogens (tertiary/aromatic N) is 2. The van der Waals surface area contributed by atoms with E-state index in [0.717, 1.165) is 25.7 Å². The number of esters is 1. The van der Waals surface area contributed by atoms with E-state index >= 15 is 0 Å². The van der Waals surface area contributed by atoms with E-state index in [1.54, 1.807) is 6.20 Å². The third-order valence-corrected chi connectivity index (χ3v) is 3.52. The highest BCUT2D eigenvalue weighted by atomic mass is 16.5.